The second-order valence-corrected chi connectivity index (χ2v) is 31.9. The molecule has 10 heteroatoms. The monoisotopic (exact) mass is 1610 g/mol. The molecule has 10 nitrogen and oxygen atoms in total. The van der Waals surface area contributed by atoms with Gasteiger partial charge in [-0.2, -0.15) is 0 Å². The van der Waals surface area contributed by atoms with Crippen molar-refractivity contribution in [1.82, 2.24) is 49.8 Å². The van der Waals surface area contributed by atoms with Crippen molar-refractivity contribution >= 4 is 76.2 Å². The average molecular weight is 1610 g/mol. The average Bonchev–Trinajstić information content (AvgIpc) is 0.762. The van der Waals surface area contributed by atoms with E-state index in [1.165, 1.54) is 21.9 Å². The number of hydrogen-bond acceptors (Lipinski definition) is 10. The maximum absolute atomic E-state index is 5.28. The molecule has 0 aliphatic heterocycles. The van der Waals surface area contributed by atoms with Gasteiger partial charge in [0, 0.05) is 100 Å². The van der Waals surface area contributed by atoms with Gasteiger partial charge in [-0.1, -0.05) is 322 Å². The zero-order valence-corrected chi connectivity index (χ0v) is 68.9. The van der Waals surface area contributed by atoms with Crippen molar-refractivity contribution in [2.45, 2.75) is 13.8 Å². The van der Waals surface area contributed by atoms with Gasteiger partial charge in [0.2, 0.25) is 0 Å². The summed E-state index contributed by atoms with van der Waals surface area (Å²) in [6.45, 7) is 4.31. The third-order valence-electron chi connectivity index (χ3n) is 23.9. The summed E-state index contributed by atoms with van der Waals surface area (Å²) >= 11 is 0. The molecule has 8 aromatic heterocycles. The summed E-state index contributed by atoms with van der Waals surface area (Å²) < 4.78 is 0. The van der Waals surface area contributed by atoms with Gasteiger partial charge in [-0.3, -0.25) is 9.97 Å². The summed E-state index contributed by atoms with van der Waals surface area (Å²) in [7, 11) is 0. The van der Waals surface area contributed by atoms with Gasteiger partial charge in [0.05, 0.1) is 78.7 Å². The fourth-order valence-corrected chi connectivity index (χ4v) is 17.3. The normalized spacial score (nSPS) is 11.4. The summed E-state index contributed by atoms with van der Waals surface area (Å²) in [6, 6.07) is 144. The number of rotatable bonds is 14. The molecular formula is C116H76N10. The van der Waals surface area contributed by atoms with E-state index >= 15 is 0 Å². The maximum atomic E-state index is 5.28. The third kappa shape index (κ3) is 14.9. The summed E-state index contributed by atoms with van der Waals surface area (Å²) in [5.41, 5.74) is 34.2. The number of aromatic nitrogens is 10. The van der Waals surface area contributed by atoms with Gasteiger partial charge < -0.3 is 0 Å². The smallest absolute Gasteiger partial charge is 0.160 e. The fourth-order valence-electron chi connectivity index (χ4n) is 17.3. The first-order valence-electron chi connectivity index (χ1n) is 42.4. The molecule has 0 aliphatic carbocycles. The Morgan fingerprint density at radius 3 is 0.968 bits per heavy atom. The molecule has 590 valence electrons. The molecule has 0 fully saturated rings. The number of para-hydroxylation sites is 2. The molecule has 126 heavy (non-hydrogen) atoms. The Bertz CT molecular complexity index is 8150. The van der Waals surface area contributed by atoms with Crippen molar-refractivity contribution in [3.63, 3.8) is 0 Å². The van der Waals surface area contributed by atoms with Crippen molar-refractivity contribution in [2.24, 2.45) is 0 Å². The topological polar surface area (TPSA) is 129 Å². The number of nitrogens with zero attached hydrogens (tertiary/aromatic N) is 10. The minimum absolute atomic E-state index is 0.666. The number of pyridine rings is 6. The Morgan fingerprint density at radius 1 is 0.159 bits per heavy atom. The molecule has 23 aromatic rings. The van der Waals surface area contributed by atoms with E-state index in [9.17, 15) is 0 Å². The predicted molar refractivity (Wildman–Crippen MR) is 519 cm³/mol. The molecule has 0 unspecified atom stereocenters. The Kier molecular flexibility index (Phi) is 19.5. The summed E-state index contributed by atoms with van der Waals surface area (Å²) in [5, 5.41) is 9.01. The molecule has 0 saturated heterocycles. The van der Waals surface area contributed by atoms with E-state index in [0.717, 1.165) is 211 Å². The molecule has 0 N–H and O–H groups in total. The Morgan fingerprint density at radius 2 is 0.476 bits per heavy atom. The quantitative estimate of drug-likeness (QED) is 0.0971. The SMILES string of the molecule is Cc1cc(-c2ccc3ccccc3c2)nc2c1ccc1ccc(-c3ccc(-c4cccc(-c5nc(-c6ccccc6)cc(-c6cccc(-c7ccnc8ccccc78)c6)n5)c4)cc3)nc12.Cc1cc(-c2ccccc2)nc2c1ccc1ccc(-c3ccc(-c4cccc(-c5cc(-c6cccc(-c7ccnc8ccccc78)c6)nc(-c6ccccc6)n5)c4)cc3)nc12. The Balaban J connectivity index is 0.000000149. The van der Waals surface area contributed by atoms with E-state index in [1.54, 1.807) is 0 Å². The van der Waals surface area contributed by atoms with Crippen LogP contribution in [0.1, 0.15) is 11.1 Å². The zero-order valence-electron chi connectivity index (χ0n) is 68.9. The molecule has 0 amide bonds. The zero-order chi connectivity index (χ0) is 84.0. The van der Waals surface area contributed by atoms with E-state index in [-0.39, 0.29) is 0 Å². The van der Waals surface area contributed by atoms with Crippen molar-refractivity contribution in [2.75, 3.05) is 0 Å². The molecule has 15 aromatic carbocycles. The first-order valence-corrected chi connectivity index (χ1v) is 42.4. The molecule has 0 bridgehead atoms. The van der Waals surface area contributed by atoms with Crippen LogP contribution in [0.5, 0.6) is 0 Å². The van der Waals surface area contributed by atoms with E-state index in [2.05, 4.69) is 382 Å². The van der Waals surface area contributed by atoms with Crippen molar-refractivity contribution in [3.05, 3.63) is 436 Å². The summed E-state index contributed by atoms with van der Waals surface area (Å²) in [6.07, 6.45) is 3.76. The van der Waals surface area contributed by atoms with Crippen LogP contribution in [-0.4, -0.2) is 49.8 Å². The molecule has 0 saturated carbocycles. The second-order valence-electron chi connectivity index (χ2n) is 31.9. The van der Waals surface area contributed by atoms with Crippen LogP contribution in [0.2, 0.25) is 0 Å². The lowest BCUT2D eigenvalue weighted by molar-refractivity contribution is 1.18. The molecule has 0 atom stereocenters. The molecule has 0 radical (unpaired) electrons. The number of aryl methyl sites for hydroxylation is 2. The van der Waals surface area contributed by atoms with Crippen LogP contribution in [0.15, 0.2) is 425 Å². The lowest BCUT2D eigenvalue weighted by Gasteiger charge is -2.12. The van der Waals surface area contributed by atoms with Gasteiger partial charge in [0.25, 0.3) is 0 Å². The van der Waals surface area contributed by atoms with Crippen molar-refractivity contribution < 1.29 is 0 Å². The molecule has 23 rings (SSSR count). The fraction of sp³-hybridized carbons (Fsp3) is 0.0172. The number of hydrogen-bond donors (Lipinski definition) is 0. The number of benzene rings is 15. The van der Waals surface area contributed by atoms with Gasteiger partial charge in [0.15, 0.2) is 11.6 Å². The van der Waals surface area contributed by atoms with Crippen LogP contribution in [0, 0.1) is 13.8 Å². The van der Waals surface area contributed by atoms with Crippen LogP contribution >= 0.6 is 0 Å². The highest BCUT2D eigenvalue weighted by Gasteiger charge is 2.20. The van der Waals surface area contributed by atoms with Gasteiger partial charge in [-0.25, -0.2) is 39.9 Å². The highest BCUT2D eigenvalue weighted by Crippen LogP contribution is 2.41. The van der Waals surface area contributed by atoms with Crippen LogP contribution in [-0.2, 0) is 0 Å². The van der Waals surface area contributed by atoms with Crippen LogP contribution in [0.3, 0.4) is 0 Å². The first kappa shape index (κ1) is 75.4. The van der Waals surface area contributed by atoms with Crippen LogP contribution < -0.4 is 0 Å². The van der Waals surface area contributed by atoms with Crippen LogP contribution in [0.25, 0.3) is 234 Å². The molecule has 8 heterocycles. The van der Waals surface area contributed by atoms with E-state index < -0.39 is 0 Å². The van der Waals surface area contributed by atoms with E-state index in [1.807, 2.05) is 67.0 Å². The lowest BCUT2D eigenvalue weighted by Crippen LogP contribution is -1.96. The molecular weight excluding hydrogens is 1530 g/mol. The third-order valence-corrected chi connectivity index (χ3v) is 23.9. The minimum Gasteiger partial charge on any atom is -0.256 e. The van der Waals surface area contributed by atoms with Crippen molar-refractivity contribution in [3.8, 4) is 157 Å². The second kappa shape index (κ2) is 32.6. The number of fused-ring (bicyclic) bond motifs is 9. The van der Waals surface area contributed by atoms with Crippen molar-refractivity contribution in [1.29, 1.82) is 0 Å². The summed E-state index contributed by atoms with van der Waals surface area (Å²) in [5.74, 6) is 1.35. The highest BCUT2D eigenvalue weighted by atomic mass is 14.9. The predicted octanol–water partition coefficient (Wildman–Crippen LogP) is 29.4. The van der Waals surface area contributed by atoms with Gasteiger partial charge >= 0.3 is 0 Å². The summed E-state index contributed by atoms with van der Waals surface area (Å²) in [4.78, 5) is 50.8. The van der Waals surface area contributed by atoms with E-state index in [4.69, 9.17) is 39.9 Å². The lowest BCUT2D eigenvalue weighted by atomic mass is 9.97. The minimum atomic E-state index is 0.666. The first-order chi connectivity index (χ1) is 62.2. The van der Waals surface area contributed by atoms with Crippen LogP contribution in [0.4, 0.5) is 0 Å². The Hall–Kier alpha value is -16.8. The largest absolute Gasteiger partial charge is 0.256 e. The van der Waals surface area contributed by atoms with Gasteiger partial charge in [-0.15, -0.1) is 0 Å². The Labute approximate surface area is 728 Å². The standard InChI is InChI=1S/C60H39N5.C56H37N5/c1-38-33-55(48-26-23-39-11-5-6-14-44(39)34-48)63-59-50(38)29-27-43-28-30-53(62-58(43)59)42-24-21-40(22-25-42)45-15-9-18-49(35-45)60-64-56(41-12-3-2-4-13-41)37-57(65-60)47-17-10-16-46(36-47)51-31-32-61-54-20-8-7-19-52(51)54;1-36-32-51(38-12-4-2-5-13-38)59-55-46(36)28-26-40-27-29-49(58-54(40)55)39-24-22-37(23-25-39)42-16-10-18-44(33-42)52-35-53(61-56(60-52)41-14-6-3-7-15-41)45-19-11-17-43(34-45)47-30-31-57-50-21-9-8-20-48(47)50/h2-37H,1H3;2-35H,1H3. The molecule has 0 aliphatic rings. The van der Waals surface area contributed by atoms with Gasteiger partial charge in [-0.05, 0) is 171 Å². The maximum Gasteiger partial charge on any atom is 0.160 e. The highest BCUT2D eigenvalue weighted by molar-refractivity contribution is 6.07. The molecule has 0 spiro atoms. The van der Waals surface area contributed by atoms with Gasteiger partial charge in [0.1, 0.15) is 0 Å². The van der Waals surface area contributed by atoms with E-state index in [0.29, 0.717) is 11.6 Å².